The van der Waals surface area contributed by atoms with Crippen LogP contribution in [0.25, 0.3) is 16.7 Å². The number of rotatable bonds is 7. The summed E-state index contributed by atoms with van der Waals surface area (Å²) in [5.41, 5.74) is 1.93. The van der Waals surface area contributed by atoms with Crippen molar-refractivity contribution in [2.24, 2.45) is 7.05 Å². The molecule has 0 spiro atoms. The molecule has 0 aliphatic heterocycles. The molecule has 8 nitrogen and oxygen atoms in total. The highest BCUT2D eigenvalue weighted by Crippen LogP contribution is 2.32. The van der Waals surface area contributed by atoms with E-state index in [1.165, 1.54) is 10.1 Å². The molecule has 11 heteroatoms. The number of benzene rings is 2. The first-order valence-corrected chi connectivity index (χ1v) is 12.5. The third-order valence-electron chi connectivity index (χ3n) is 4.93. The molecule has 0 aliphatic rings. The zero-order chi connectivity index (χ0) is 22.1. The average Bonchev–Trinajstić information content (AvgIpc) is 3.47. The van der Waals surface area contributed by atoms with Crippen LogP contribution in [0.3, 0.4) is 0 Å². The van der Waals surface area contributed by atoms with E-state index in [1.54, 1.807) is 49.0 Å². The first-order valence-electron chi connectivity index (χ1n) is 9.68. The van der Waals surface area contributed by atoms with Gasteiger partial charge in [-0.05, 0) is 29.8 Å². The van der Waals surface area contributed by atoms with Crippen LogP contribution in [0.2, 0.25) is 0 Å². The highest BCUT2D eigenvalue weighted by Gasteiger charge is 2.15. The second-order valence-corrected chi connectivity index (χ2v) is 10.3. The van der Waals surface area contributed by atoms with Crippen LogP contribution in [0.1, 0.15) is 11.4 Å². The molecule has 0 amide bonds. The van der Waals surface area contributed by atoms with Crippen LogP contribution >= 0.6 is 34.9 Å². The van der Waals surface area contributed by atoms with Gasteiger partial charge in [0.25, 0.3) is 5.56 Å². The molecule has 162 valence electrons. The summed E-state index contributed by atoms with van der Waals surface area (Å²) in [6.07, 6.45) is 0. The van der Waals surface area contributed by atoms with Crippen molar-refractivity contribution >= 4 is 51.5 Å². The summed E-state index contributed by atoms with van der Waals surface area (Å²) < 4.78 is 10.4. The SMILES string of the molecule is COc1ccc(CSc2nnc(SCc3nnc4n(C)c(=O)c5ccccc5n34)s2)cc1. The van der Waals surface area contributed by atoms with Crippen LogP contribution in [-0.4, -0.2) is 36.5 Å². The number of ether oxygens (including phenoxy) is 1. The van der Waals surface area contributed by atoms with Gasteiger partial charge in [-0.25, -0.2) is 0 Å². The van der Waals surface area contributed by atoms with Crippen molar-refractivity contribution in [3.8, 4) is 5.75 Å². The van der Waals surface area contributed by atoms with Crippen LogP contribution < -0.4 is 10.3 Å². The minimum atomic E-state index is -0.0812. The van der Waals surface area contributed by atoms with Crippen molar-refractivity contribution in [3.63, 3.8) is 0 Å². The van der Waals surface area contributed by atoms with Gasteiger partial charge in [0.2, 0.25) is 5.78 Å². The molecule has 0 saturated heterocycles. The Bertz CT molecular complexity index is 1460. The Morgan fingerprint density at radius 3 is 2.41 bits per heavy atom. The van der Waals surface area contributed by atoms with Crippen LogP contribution in [0.4, 0.5) is 0 Å². The molecule has 0 radical (unpaired) electrons. The third-order valence-corrected chi connectivity index (χ3v) is 8.18. The van der Waals surface area contributed by atoms with Gasteiger partial charge in [0.1, 0.15) is 11.6 Å². The minimum Gasteiger partial charge on any atom is -0.497 e. The maximum absolute atomic E-state index is 12.6. The molecule has 0 aliphatic carbocycles. The number of nitrogens with zero attached hydrogens (tertiary/aromatic N) is 6. The van der Waals surface area contributed by atoms with Crippen molar-refractivity contribution in [2.75, 3.05) is 7.11 Å². The van der Waals surface area contributed by atoms with Crippen LogP contribution in [0, 0.1) is 0 Å². The van der Waals surface area contributed by atoms with E-state index in [0.717, 1.165) is 31.5 Å². The normalized spacial score (nSPS) is 11.4. The number of fused-ring (bicyclic) bond motifs is 3. The van der Waals surface area contributed by atoms with E-state index in [2.05, 4.69) is 32.5 Å². The lowest BCUT2D eigenvalue weighted by molar-refractivity contribution is 0.414. The predicted octanol–water partition coefficient (Wildman–Crippen LogP) is 4.03. The summed E-state index contributed by atoms with van der Waals surface area (Å²) in [6.45, 7) is 0. The van der Waals surface area contributed by atoms with Gasteiger partial charge in [-0.2, -0.15) is 0 Å². The van der Waals surface area contributed by atoms with E-state index < -0.39 is 0 Å². The molecule has 0 N–H and O–H groups in total. The van der Waals surface area contributed by atoms with E-state index in [0.29, 0.717) is 16.9 Å². The minimum absolute atomic E-state index is 0.0812. The monoisotopic (exact) mass is 482 g/mol. The average molecular weight is 483 g/mol. The highest BCUT2D eigenvalue weighted by molar-refractivity contribution is 8.02. The molecular weight excluding hydrogens is 464 g/mol. The lowest BCUT2D eigenvalue weighted by Gasteiger charge is -2.07. The number of methoxy groups -OCH3 is 1. The fraction of sp³-hybridized carbons (Fsp3) is 0.190. The molecule has 3 aromatic heterocycles. The van der Waals surface area contributed by atoms with Crippen molar-refractivity contribution < 1.29 is 4.74 Å². The highest BCUT2D eigenvalue weighted by atomic mass is 32.2. The fourth-order valence-corrected chi connectivity index (χ4v) is 6.18. The molecule has 0 atom stereocenters. The first kappa shape index (κ1) is 21.0. The van der Waals surface area contributed by atoms with Gasteiger partial charge in [0.15, 0.2) is 8.68 Å². The van der Waals surface area contributed by atoms with E-state index >= 15 is 0 Å². The number of para-hydroxylation sites is 1. The number of thioether (sulfide) groups is 2. The van der Waals surface area contributed by atoms with Crippen LogP contribution in [-0.2, 0) is 18.6 Å². The Morgan fingerprint density at radius 1 is 0.938 bits per heavy atom. The fourth-order valence-electron chi connectivity index (χ4n) is 3.29. The number of aryl methyl sites for hydroxylation is 1. The quantitative estimate of drug-likeness (QED) is 0.322. The second-order valence-electron chi connectivity index (χ2n) is 6.89. The van der Waals surface area contributed by atoms with Crippen molar-refractivity contribution in [1.29, 1.82) is 0 Å². The molecule has 5 rings (SSSR count). The maximum atomic E-state index is 12.6. The van der Waals surface area contributed by atoms with Gasteiger partial charge in [-0.1, -0.05) is 59.1 Å². The predicted molar refractivity (Wildman–Crippen MR) is 128 cm³/mol. The molecule has 5 aromatic rings. The molecule has 3 heterocycles. The summed E-state index contributed by atoms with van der Waals surface area (Å²) in [4.78, 5) is 12.6. The zero-order valence-corrected chi connectivity index (χ0v) is 19.7. The Labute approximate surface area is 195 Å². The second kappa shape index (κ2) is 8.93. The Balaban J connectivity index is 1.31. The molecule has 2 aromatic carbocycles. The topological polar surface area (TPSA) is 87.2 Å². The Kier molecular flexibility index (Phi) is 5.85. The van der Waals surface area contributed by atoms with Crippen molar-refractivity contribution in [2.45, 2.75) is 20.2 Å². The molecular formula is C21H18N6O2S3. The third kappa shape index (κ3) is 3.98. The summed E-state index contributed by atoms with van der Waals surface area (Å²) >= 11 is 4.78. The van der Waals surface area contributed by atoms with Gasteiger partial charge in [0, 0.05) is 12.8 Å². The van der Waals surface area contributed by atoms with Gasteiger partial charge < -0.3 is 4.74 Å². The van der Waals surface area contributed by atoms with Crippen LogP contribution in [0.5, 0.6) is 5.75 Å². The smallest absolute Gasteiger partial charge is 0.262 e. The van der Waals surface area contributed by atoms with Crippen LogP contribution in [0.15, 0.2) is 62.0 Å². The maximum Gasteiger partial charge on any atom is 0.262 e. The largest absolute Gasteiger partial charge is 0.497 e. The molecule has 0 bridgehead atoms. The lowest BCUT2D eigenvalue weighted by atomic mass is 10.2. The molecule has 32 heavy (non-hydrogen) atoms. The summed E-state index contributed by atoms with van der Waals surface area (Å²) in [5, 5.41) is 17.8. The summed E-state index contributed by atoms with van der Waals surface area (Å²) in [7, 11) is 3.38. The first-order chi connectivity index (χ1) is 15.6. The molecule has 0 saturated carbocycles. The zero-order valence-electron chi connectivity index (χ0n) is 17.3. The molecule has 0 unspecified atom stereocenters. The van der Waals surface area contributed by atoms with E-state index in [9.17, 15) is 4.79 Å². The van der Waals surface area contributed by atoms with Gasteiger partial charge in [-0.3, -0.25) is 13.8 Å². The van der Waals surface area contributed by atoms with Gasteiger partial charge >= 0.3 is 0 Å². The standard InChI is InChI=1S/C21H18N6O2S3/c1-26-18(28)15-5-3-4-6-16(15)27-17(22-23-19(26)27)12-31-21-25-24-20(32-21)30-11-13-7-9-14(29-2)10-8-13/h3-10H,11-12H2,1-2H3. The van der Waals surface area contributed by atoms with Gasteiger partial charge in [0.05, 0.1) is 23.8 Å². The lowest BCUT2D eigenvalue weighted by Crippen LogP contribution is -2.20. The number of aromatic nitrogens is 6. The summed E-state index contributed by atoms with van der Waals surface area (Å²) in [5.74, 6) is 3.53. The number of hydrogen-bond acceptors (Lipinski definition) is 9. The van der Waals surface area contributed by atoms with Crippen molar-refractivity contribution in [3.05, 3.63) is 70.3 Å². The molecule has 0 fully saturated rings. The summed E-state index contributed by atoms with van der Waals surface area (Å²) in [6, 6.07) is 15.5. The number of hydrogen-bond donors (Lipinski definition) is 0. The van der Waals surface area contributed by atoms with E-state index in [1.807, 2.05) is 40.8 Å². The Hall–Kier alpha value is -2.89. The van der Waals surface area contributed by atoms with E-state index in [-0.39, 0.29) is 5.56 Å². The van der Waals surface area contributed by atoms with E-state index in [4.69, 9.17) is 4.74 Å². The van der Waals surface area contributed by atoms with Gasteiger partial charge in [-0.15, -0.1) is 20.4 Å². The Morgan fingerprint density at radius 2 is 1.66 bits per heavy atom. The van der Waals surface area contributed by atoms with Crippen molar-refractivity contribution in [1.82, 2.24) is 29.4 Å².